The van der Waals surface area contributed by atoms with Gasteiger partial charge in [-0.1, -0.05) is 56.3 Å². The van der Waals surface area contributed by atoms with E-state index >= 15 is 0 Å². The molecule has 3 aromatic rings. The van der Waals surface area contributed by atoms with Gasteiger partial charge in [-0.25, -0.2) is 4.39 Å². The van der Waals surface area contributed by atoms with E-state index in [9.17, 15) is 9.18 Å². The van der Waals surface area contributed by atoms with Gasteiger partial charge in [0.25, 0.3) is 0 Å². The predicted octanol–water partition coefficient (Wildman–Crippen LogP) is 5.44. The fourth-order valence-electron chi connectivity index (χ4n) is 3.74. The van der Waals surface area contributed by atoms with Gasteiger partial charge in [-0.2, -0.15) is 0 Å². The smallest absolute Gasteiger partial charge is 0.165 e. The van der Waals surface area contributed by atoms with E-state index in [4.69, 9.17) is 0 Å². The van der Waals surface area contributed by atoms with Crippen molar-refractivity contribution < 1.29 is 9.18 Å². The van der Waals surface area contributed by atoms with Crippen LogP contribution in [-0.2, 0) is 6.42 Å². The summed E-state index contributed by atoms with van der Waals surface area (Å²) in [5, 5.41) is 0. The number of para-hydroxylation sites is 1. The maximum Gasteiger partial charge on any atom is 0.165 e. The van der Waals surface area contributed by atoms with Gasteiger partial charge in [-0.05, 0) is 35.6 Å². The van der Waals surface area contributed by atoms with Crippen molar-refractivity contribution >= 4 is 5.78 Å². The van der Waals surface area contributed by atoms with Crippen molar-refractivity contribution in [1.29, 1.82) is 0 Å². The molecule has 1 heterocycles. The summed E-state index contributed by atoms with van der Waals surface area (Å²) in [6.07, 6.45) is 1.27. The minimum Gasteiger partial charge on any atom is -0.310 e. The summed E-state index contributed by atoms with van der Waals surface area (Å²) in [5.74, 6) is -0.146. The molecule has 3 heteroatoms. The Bertz CT molecular complexity index is 953. The van der Waals surface area contributed by atoms with Crippen molar-refractivity contribution in [2.24, 2.45) is 5.41 Å². The largest absolute Gasteiger partial charge is 0.310 e. The molecule has 2 nitrogen and oxygen atoms in total. The van der Waals surface area contributed by atoms with Gasteiger partial charge in [0, 0.05) is 17.7 Å². The van der Waals surface area contributed by atoms with Gasteiger partial charge in [0.05, 0.1) is 11.4 Å². The van der Waals surface area contributed by atoms with Gasteiger partial charge in [0.2, 0.25) is 0 Å². The summed E-state index contributed by atoms with van der Waals surface area (Å²) in [5.41, 5.74) is 3.84. The maximum atomic E-state index is 14.6. The molecule has 0 amide bonds. The van der Waals surface area contributed by atoms with Crippen LogP contribution in [0.5, 0.6) is 0 Å². The zero-order chi connectivity index (χ0) is 17.6. The van der Waals surface area contributed by atoms with Crippen LogP contribution < -0.4 is 0 Å². The molecule has 0 radical (unpaired) electrons. The molecule has 1 aromatic heterocycles. The average Bonchev–Trinajstić information content (AvgIpc) is 2.94. The van der Waals surface area contributed by atoms with Crippen molar-refractivity contribution in [2.75, 3.05) is 0 Å². The Morgan fingerprint density at radius 3 is 2.36 bits per heavy atom. The van der Waals surface area contributed by atoms with E-state index in [1.54, 1.807) is 12.1 Å². The number of carbonyl (C=O) groups is 1. The fourth-order valence-corrected chi connectivity index (χ4v) is 3.74. The van der Waals surface area contributed by atoms with Crippen LogP contribution in [0.25, 0.3) is 16.9 Å². The number of Topliss-reactive ketones (excluding diaryl/α,β-unsaturated/α-hetero) is 1. The first-order chi connectivity index (χ1) is 12.0. The zero-order valence-corrected chi connectivity index (χ0v) is 14.4. The third-order valence-electron chi connectivity index (χ3n) is 4.85. The van der Waals surface area contributed by atoms with Crippen molar-refractivity contribution in [3.63, 3.8) is 0 Å². The molecule has 25 heavy (non-hydrogen) atoms. The second-order valence-electron chi connectivity index (χ2n) is 7.48. The van der Waals surface area contributed by atoms with Gasteiger partial charge in [-0.15, -0.1) is 0 Å². The number of hydrogen-bond donors (Lipinski definition) is 0. The van der Waals surface area contributed by atoms with Crippen molar-refractivity contribution in [3.8, 4) is 16.9 Å². The van der Waals surface area contributed by atoms with E-state index in [2.05, 4.69) is 13.8 Å². The Balaban J connectivity index is 2.04. The number of aromatic nitrogens is 1. The van der Waals surface area contributed by atoms with E-state index in [1.165, 1.54) is 6.07 Å². The van der Waals surface area contributed by atoms with Crippen molar-refractivity contribution in [2.45, 2.75) is 26.7 Å². The van der Waals surface area contributed by atoms with Gasteiger partial charge in [-0.3, -0.25) is 4.79 Å². The molecule has 0 atom stereocenters. The molecule has 0 fully saturated rings. The second kappa shape index (κ2) is 5.69. The number of benzene rings is 2. The zero-order valence-electron chi connectivity index (χ0n) is 14.4. The molecule has 0 aliphatic heterocycles. The lowest BCUT2D eigenvalue weighted by Crippen LogP contribution is -2.28. The number of carbonyl (C=O) groups excluding carboxylic acids is 1. The highest BCUT2D eigenvalue weighted by Gasteiger charge is 2.35. The Morgan fingerprint density at radius 2 is 1.64 bits per heavy atom. The molecule has 1 aliphatic carbocycles. The van der Waals surface area contributed by atoms with E-state index in [0.29, 0.717) is 12.1 Å². The van der Waals surface area contributed by atoms with Gasteiger partial charge in [0.15, 0.2) is 5.78 Å². The van der Waals surface area contributed by atoms with Crippen LogP contribution in [0.2, 0.25) is 0 Å². The number of hydrogen-bond acceptors (Lipinski definition) is 1. The molecule has 0 N–H and O–H groups in total. The first kappa shape index (κ1) is 15.8. The summed E-state index contributed by atoms with van der Waals surface area (Å²) in [6.45, 7) is 4.18. The summed E-state index contributed by atoms with van der Waals surface area (Å²) in [7, 11) is 0. The molecule has 0 unspecified atom stereocenters. The minimum absolute atomic E-state index is 0.126. The van der Waals surface area contributed by atoms with Gasteiger partial charge >= 0.3 is 0 Å². The summed E-state index contributed by atoms with van der Waals surface area (Å²) in [6, 6.07) is 18.5. The summed E-state index contributed by atoms with van der Waals surface area (Å²) < 4.78 is 16.5. The lowest BCUT2D eigenvalue weighted by Gasteiger charge is -2.30. The fraction of sp³-hybridized carbons (Fsp3) is 0.227. The van der Waals surface area contributed by atoms with Crippen LogP contribution in [0.4, 0.5) is 4.39 Å². The molecule has 0 bridgehead atoms. The highest BCUT2D eigenvalue weighted by molar-refractivity contribution is 6.00. The highest BCUT2D eigenvalue weighted by atomic mass is 19.1. The quantitative estimate of drug-likeness (QED) is 0.612. The molecule has 4 rings (SSSR count). The van der Waals surface area contributed by atoms with Crippen LogP contribution >= 0.6 is 0 Å². The molecule has 0 saturated carbocycles. The van der Waals surface area contributed by atoms with E-state index in [0.717, 1.165) is 28.9 Å². The van der Waals surface area contributed by atoms with E-state index in [1.807, 2.05) is 47.0 Å². The number of fused-ring (bicyclic) bond motifs is 1. The van der Waals surface area contributed by atoms with Crippen molar-refractivity contribution in [1.82, 2.24) is 4.57 Å². The molecular formula is C22H20FNO. The van der Waals surface area contributed by atoms with E-state index in [-0.39, 0.29) is 17.0 Å². The maximum absolute atomic E-state index is 14.6. The summed E-state index contributed by atoms with van der Waals surface area (Å²) >= 11 is 0. The Kier molecular flexibility index (Phi) is 3.60. The standard InChI is InChI=1S/C22H20FNO/c1-22(2)13-20-16(21(25)14-22)12-19(15-8-4-3-5-9-15)24(20)18-11-7-6-10-17(18)23/h3-12H,13-14H2,1-2H3. The molecule has 126 valence electrons. The number of rotatable bonds is 2. The van der Waals surface area contributed by atoms with Crippen LogP contribution in [0.15, 0.2) is 60.7 Å². The van der Waals surface area contributed by atoms with Crippen molar-refractivity contribution in [3.05, 3.63) is 77.7 Å². The lowest BCUT2D eigenvalue weighted by atomic mass is 9.76. The molecule has 0 saturated heterocycles. The molecule has 2 aromatic carbocycles. The first-order valence-corrected chi connectivity index (χ1v) is 8.54. The third kappa shape index (κ3) is 2.70. The third-order valence-corrected chi connectivity index (χ3v) is 4.85. The number of halogens is 1. The molecule has 0 spiro atoms. The lowest BCUT2D eigenvalue weighted by molar-refractivity contribution is 0.0911. The number of nitrogens with zero attached hydrogens (tertiary/aromatic N) is 1. The van der Waals surface area contributed by atoms with E-state index < -0.39 is 0 Å². The predicted molar refractivity (Wildman–Crippen MR) is 97.6 cm³/mol. The highest BCUT2D eigenvalue weighted by Crippen LogP contribution is 2.40. The minimum atomic E-state index is -0.283. The topological polar surface area (TPSA) is 22.0 Å². The normalized spacial score (nSPS) is 15.9. The van der Waals surface area contributed by atoms with Crippen LogP contribution in [0.3, 0.4) is 0 Å². The average molecular weight is 333 g/mol. The number of ketones is 1. The second-order valence-corrected chi connectivity index (χ2v) is 7.48. The van der Waals surface area contributed by atoms with Crippen LogP contribution in [0, 0.1) is 11.2 Å². The Labute approximate surface area is 146 Å². The van der Waals surface area contributed by atoms with Gasteiger partial charge in [0.1, 0.15) is 5.82 Å². The van der Waals surface area contributed by atoms with Gasteiger partial charge < -0.3 is 4.57 Å². The first-order valence-electron chi connectivity index (χ1n) is 8.54. The van der Waals surface area contributed by atoms with Crippen LogP contribution in [0.1, 0.15) is 36.3 Å². The Hall–Kier alpha value is -2.68. The monoisotopic (exact) mass is 333 g/mol. The van der Waals surface area contributed by atoms with Crippen LogP contribution in [-0.4, -0.2) is 10.4 Å². The summed E-state index contributed by atoms with van der Waals surface area (Å²) in [4.78, 5) is 12.7. The molecular weight excluding hydrogens is 313 g/mol. The Morgan fingerprint density at radius 1 is 0.960 bits per heavy atom. The molecule has 1 aliphatic rings. The SMILES string of the molecule is CC1(C)CC(=O)c2cc(-c3ccccc3)n(-c3ccccc3F)c2C1.